The highest BCUT2D eigenvalue weighted by atomic mass is 35.5. The Kier molecular flexibility index (Phi) is 3.95. The highest BCUT2D eigenvalue weighted by Gasteiger charge is 1.93. The van der Waals surface area contributed by atoms with Gasteiger partial charge in [-0.25, -0.2) is 0 Å². The number of hydrogen-bond acceptors (Lipinski definition) is 1. The predicted octanol–water partition coefficient (Wildman–Crippen LogP) is 3.19. The molecule has 0 radical (unpaired) electrons. The van der Waals surface area contributed by atoms with Gasteiger partial charge in [-0.1, -0.05) is 48.0 Å². The first-order chi connectivity index (χ1) is 6.79. The Balaban J connectivity index is 0.000000293. The van der Waals surface area contributed by atoms with Gasteiger partial charge in [0.1, 0.15) is 0 Å². The van der Waals surface area contributed by atoms with Crippen molar-refractivity contribution in [3.8, 4) is 0 Å². The van der Waals surface area contributed by atoms with Crippen molar-refractivity contribution in [2.75, 3.05) is 0 Å². The molecular formula is C11H9ClO2. The van der Waals surface area contributed by atoms with Crippen molar-refractivity contribution >= 4 is 28.8 Å². The third-order valence-electron chi connectivity index (χ3n) is 1.74. The largest absolute Gasteiger partial charge is 0.483 e. The number of benzene rings is 2. The second-order valence-corrected chi connectivity index (χ2v) is 2.97. The third kappa shape index (κ3) is 2.47. The van der Waals surface area contributed by atoms with Gasteiger partial charge in [0.05, 0.1) is 0 Å². The molecule has 3 heteroatoms. The Morgan fingerprint density at radius 3 is 2.29 bits per heavy atom. The monoisotopic (exact) mass is 208 g/mol. The molecule has 14 heavy (non-hydrogen) atoms. The highest BCUT2D eigenvalue weighted by molar-refractivity contribution is 6.35. The van der Waals surface area contributed by atoms with Gasteiger partial charge >= 0.3 is 0 Å². The van der Waals surface area contributed by atoms with Crippen LogP contribution >= 0.6 is 11.6 Å². The van der Waals surface area contributed by atoms with Crippen LogP contribution in [-0.4, -0.2) is 11.6 Å². The van der Waals surface area contributed by atoms with E-state index >= 15 is 0 Å². The maximum atomic E-state index is 8.36. The fourth-order valence-corrected chi connectivity index (χ4v) is 1.43. The molecule has 2 aromatic carbocycles. The van der Waals surface area contributed by atoms with Crippen LogP contribution in [0.1, 0.15) is 0 Å². The van der Waals surface area contributed by atoms with Gasteiger partial charge in [-0.3, -0.25) is 4.79 Å². The summed E-state index contributed by atoms with van der Waals surface area (Å²) >= 11 is 5.96. The Bertz CT molecular complexity index is 421. The van der Waals surface area contributed by atoms with Gasteiger partial charge in [0, 0.05) is 10.4 Å². The first-order valence-corrected chi connectivity index (χ1v) is 4.38. The molecule has 0 heterocycles. The zero-order valence-electron chi connectivity index (χ0n) is 7.35. The maximum Gasteiger partial charge on any atom is 0.290 e. The summed E-state index contributed by atoms with van der Waals surface area (Å²) in [5.74, 6) is 0. The average Bonchev–Trinajstić information content (AvgIpc) is 2.20. The summed E-state index contributed by atoms with van der Waals surface area (Å²) in [6, 6.07) is 14.0. The molecule has 0 unspecified atom stereocenters. The zero-order valence-corrected chi connectivity index (χ0v) is 8.11. The number of carboxylic acid groups (broad SMARTS) is 1. The number of hydrogen-bond donors (Lipinski definition) is 1. The quantitative estimate of drug-likeness (QED) is 0.675. The van der Waals surface area contributed by atoms with Gasteiger partial charge in [-0.2, -0.15) is 0 Å². The van der Waals surface area contributed by atoms with Crippen LogP contribution in [0.2, 0.25) is 5.02 Å². The molecule has 0 bridgehead atoms. The molecule has 2 rings (SSSR count). The fraction of sp³-hybridized carbons (Fsp3) is 0. The fourth-order valence-electron chi connectivity index (χ4n) is 1.19. The molecule has 0 atom stereocenters. The molecule has 0 spiro atoms. The number of rotatable bonds is 0. The summed E-state index contributed by atoms with van der Waals surface area (Å²) in [5.41, 5.74) is 0. The number of halogens is 1. The molecular weight excluding hydrogens is 200 g/mol. The van der Waals surface area contributed by atoms with Gasteiger partial charge in [0.25, 0.3) is 6.47 Å². The zero-order chi connectivity index (χ0) is 10.4. The van der Waals surface area contributed by atoms with Crippen LogP contribution in [0.4, 0.5) is 0 Å². The Morgan fingerprint density at radius 2 is 1.64 bits per heavy atom. The smallest absolute Gasteiger partial charge is 0.290 e. The molecule has 0 fully saturated rings. The van der Waals surface area contributed by atoms with Gasteiger partial charge in [0.2, 0.25) is 0 Å². The van der Waals surface area contributed by atoms with E-state index in [-0.39, 0.29) is 6.47 Å². The van der Waals surface area contributed by atoms with Gasteiger partial charge in [0.15, 0.2) is 0 Å². The lowest BCUT2D eigenvalue weighted by atomic mass is 10.1. The summed E-state index contributed by atoms with van der Waals surface area (Å²) in [7, 11) is 0. The van der Waals surface area contributed by atoms with Crippen molar-refractivity contribution in [3.63, 3.8) is 0 Å². The average molecular weight is 209 g/mol. The predicted molar refractivity (Wildman–Crippen MR) is 57.7 cm³/mol. The first kappa shape index (κ1) is 10.5. The summed E-state index contributed by atoms with van der Waals surface area (Å²) in [5, 5.41) is 10.0. The lowest BCUT2D eigenvalue weighted by Crippen LogP contribution is -1.70. The van der Waals surface area contributed by atoms with Crippen LogP contribution in [0, 0.1) is 0 Å². The van der Waals surface area contributed by atoms with Gasteiger partial charge in [-0.05, 0) is 11.5 Å². The van der Waals surface area contributed by atoms with E-state index < -0.39 is 0 Å². The van der Waals surface area contributed by atoms with Crippen molar-refractivity contribution in [2.24, 2.45) is 0 Å². The molecule has 0 saturated heterocycles. The minimum atomic E-state index is -0.250. The molecule has 0 aliphatic heterocycles. The summed E-state index contributed by atoms with van der Waals surface area (Å²) in [6.45, 7) is -0.250. The minimum Gasteiger partial charge on any atom is -0.483 e. The molecule has 1 N–H and O–H groups in total. The van der Waals surface area contributed by atoms with E-state index in [0.29, 0.717) is 0 Å². The number of carbonyl (C=O) groups is 1. The van der Waals surface area contributed by atoms with Crippen LogP contribution in [0.25, 0.3) is 10.8 Å². The normalized spacial score (nSPS) is 8.93. The van der Waals surface area contributed by atoms with Crippen LogP contribution in [-0.2, 0) is 4.79 Å². The lowest BCUT2D eigenvalue weighted by molar-refractivity contribution is -0.122. The van der Waals surface area contributed by atoms with Crippen LogP contribution in [0.5, 0.6) is 0 Å². The molecule has 72 valence electrons. The van der Waals surface area contributed by atoms with Crippen molar-refractivity contribution in [3.05, 3.63) is 47.5 Å². The Morgan fingerprint density at radius 1 is 1.07 bits per heavy atom. The third-order valence-corrected chi connectivity index (χ3v) is 2.07. The minimum absolute atomic E-state index is 0.250. The molecule has 0 aliphatic carbocycles. The first-order valence-electron chi connectivity index (χ1n) is 4.00. The summed E-state index contributed by atoms with van der Waals surface area (Å²) < 4.78 is 0. The van der Waals surface area contributed by atoms with E-state index in [9.17, 15) is 0 Å². The van der Waals surface area contributed by atoms with Crippen molar-refractivity contribution < 1.29 is 9.90 Å². The second kappa shape index (κ2) is 5.25. The maximum absolute atomic E-state index is 8.36. The van der Waals surface area contributed by atoms with E-state index in [1.807, 2.05) is 30.3 Å². The van der Waals surface area contributed by atoms with E-state index in [0.717, 1.165) is 10.4 Å². The molecule has 2 aromatic rings. The van der Waals surface area contributed by atoms with E-state index in [1.165, 1.54) is 5.39 Å². The van der Waals surface area contributed by atoms with E-state index in [1.54, 1.807) is 0 Å². The second-order valence-electron chi connectivity index (χ2n) is 2.57. The molecule has 0 aromatic heterocycles. The molecule has 2 nitrogen and oxygen atoms in total. The van der Waals surface area contributed by atoms with E-state index in [4.69, 9.17) is 21.5 Å². The Labute approximate surface area is 86.7 Å². The molecule has 0 aliphatic rings. The van der Waals surface area contributed by atoms with Gasteiger partial charge in [-0.15, -0.1) is 0 Å². The Hall–Kier alpha value is -1.54. The van der Waals surface area contributed by atoms with E-state index in [2.05, 4.69) is 12.1 Å². The van der Waals surface area contributed by atoms with Crippen molar-refractivity contribution in [2.45, 2.75) is 0 Å². The molecule has 0 amide bonds. The van der Waals surface area contributed by atoms with Crippen LogP contribution in [0.15, 0.2) is 42.5 Å². The van der Waals surface area contributed by atoms with Crippen molar-refractivity contribution in [1.82, 2.24) is 0 Å². The SMILES string of the molecule is Clc1cccc2ccccc12.O=CO. The van der Waals surface area contributed by atoms with Crippen LogP contribution < -0.4 is 0 Å². The summed E-state index contributed by atoms with van der Waals surface area (Å²) in [4.78, 5) is 8.36. The number of fused-ring (bicyclic) bond motifs is 1. The van der Waals surface area contributed by atoms with Crippen molar-refractivity contribution in [1.29, 1.82) is 0 Å². The molecule has 0 saturated carbocycles. The van der Waals surface area contributed by atoms with Crippen LogP contribution in [0.3, 0.4) is 0 Å². The lowest BCUT2D eigenvalue weighted by Gasteiger charge is -1.97. The van der Waals surface area contributed by atoms with Gasteiger partial charge < -0.3 is 5.11 Å². The summed E-state index contributed by atoms with van der Waals surface area (Å²) in [6.07, 6.45) is 0. The standard InChI is InChI=1S/C10H7Cl.CH2O2/c11-10-7-3-5-8-4-1-2-6-9(8)10;2-1-3/h1-7H;1H,(H,2,3). The highest BCUT2D eigenvalue weighted by Crippen LogP contribution is 2.21. The topological polar surface area (TPSA) is 37.3 Å².